The first-order valence-corrected chi connectivity index (χ1v) is 8.52. The Morgan fingerprint density at radius 3 is 2.75 bits per heavy atom. The molecule has 0 aliphatic carbocycles. The van der Waals surface area contributed by atoms with Crippen LogP contribution in [0, 0.1) is 5.92 Å². The molecule has 126 valence electrons. The van der Waals surface area contributed by atoms with E-state index in [1.807, 2.05) is 6.92 Å². The average molecular weight is 393 g/mol. The summed E-state index contributed by atoms with van der Waals surface area (Å²) in [6.45, 7) is 2.07. The first-order valence-electron chi connectivity index (χ1n) is 7.73. The van der Waals surface area contributed by atoms with Crippen molar-refractivity contribution in [2.45, 2.75) is 25.8 Å². The molecule has 0 bridgehead atoms. The average Bonchev–Trinajstić information content (AvgIpc) is 2.54. The van der Waals surface area contributed by atoms with Crippen LogP contribution in [-0.4, -0.2) is 39.5 Å². The van der Waals surface area contributed by atoms with Crippen molar-refractivity contribution < 1.29 is 14.7 Å². The summed E-state index contributed by atoms with van der Waals surface area (Å²) in [6.07, 6.45) is 1.19. The Kier molecular flexibility index (Phi) is 4.45. The van der Waals surface area contributed by atoms with Crippen LogP contribution in [0.25, 0.3) is 10.9 Å². The summed E-state index contributed by atoms with van der Waals surface area (Å²) < 4.78 is 0.797. The highest BCUT2D eigenvalue weighted by molar-refractivity contribution is 9.10. The summed E-state index contributed by atoms with van der Waals surface area (Å²) in [6, 6.07) is 6.53. The summed E-state index contributed by atoms with van der Waals surface area (Å²) in [5, 5.41) is 9.89. The Balaban J connectivity index is 2.06. The lowest BCUT2D eigenvalue weighted by atomic mass is 9.92. The molecule has 2 aromatic rings. The van der Waals surface area contributed by atoms with Crippen molar-refractivity contribution >= 4 is 38.7 Å². The first-order chi connectivity index (χ1) is 11.4. The standard InChI is InChI=1S/C17H17BrN2O4/c1-9-2-3-10(17(23)24)8-20(9)16(22)13-7-15(21)19-14-5-4-11(18)6-12(13)14/h4-7,9-10H,2-3,8H2,1H3,(H,19,21)(H,23,24). The normalized spacial score (nSPS) is 21.0. The van der Waals surface area contributed by atoms with E-state index >= 15 is 0 Å². The van der Waals surface area contributed by atoms with E-state index in [0.717, 1.165) is 4.47 Å². The van der Waals surface area contributed by atoms with Crippen molar-refractivity contribution in [3.63, 3.8) is 0 Å². The fraction of sp³-hybridized carbons (Fsp3) is 0.353. The molecule has 0 radical (unpaired) electrons. The lowest BCUT2D eigenvalue weighted by molar-refractivity contribution is -0.143. The maximum Gasteiger partial charge on any atom is 0.308 e. The Bertz CT molecular complexity index is 877. The van der Waals surface area contributed by atoms with Gasteiger partial charge >= 0.3 is 5.97 Å². The zero-order chi connectivity index (χ0) is 17.4. The summed E-state index contributed by atoms with van der Waals surface area (Å²) in [4.78, 5) is 40.5. The van der Waals surface area contributed by atoms with Crippen molar-refractivity contribution in [3.05, 3.63) is 44.7 Å². The fourth-order valence-corrected chi connectivity index (χ4v) is 3.51. The minimum Gasteiger partial charge on any atom is -0.481 e. The van der Waals surface area contributed by atoms with Crippen LogP contribution in [0.2, 0.25) is 0 Å². The number of aromatic nitrogens is 1. The molecule has 1 amide bonds. The van der Waals surface area contributed by atoms with E-state index in [1.165, 1.54) is 6.07 Å². The second kappa shape index (κ2) is 6.39. The molecule has 2 atom stereocenters. The van der Waals surface area contributed by atoms with E-state index < -0.39 is 11.9 Å². The summed E-state index contributed by atoms with van der Waals surface area (Å²) >= 11 is 3.38. The third-order valence-electron chi connectivity index (χ3n) is 4.53. The molecule has 1 aromatic carbocycles. The number of pyridine rings is 1. The van der Waals surface area contributed by atoms with Crippen LogP contribution in [0.5, 0.6) is 0 Å². The molecule has 1 fully saturated rings. The van der Waals surface area contributed by atoms with E-state index in [-0.39, 0.29) is 24.1 Å². The van der Waals surface area contributed by atoms with Crippen LogP contribution in [0.3, 0.4) is 0 Å². The molecular weight excluding hydrogens is 376 g/mol. The van der Waals surface area contributed by atoms with Gasteiger partial charge < -0.3 is 15.0 Å². The number of nitrogens with one attached hydrogen (secondary N) is 1. The van der Waals surface area contributed by atoms with Gasteiger partial charge in [0.25, 0.3) is 5.91 Å². The molecule has 24 heavy (non-hydrogen) atoms. The van der Waals surface area contributed by atoms with E-state index in [9.17, 15) is 19.5 Å². The summed E-state index contributed by atoms with van der Waals surface area (Å²) in [7, 11) is 0. The number of rotatable bonds is 2. The Hall–Kier alpha value is -2.15. The number of H-pyrrole nitrogens is 1. The number of nitrogens with zero attached hydrogens (tertiary/aromatic N) is 1. The molecule has 2 N–H and O–H groups in total. The van der Waals surface area contributed by atoms with Gasteiger partial charge in [0, 0.05) is 34.0 Å². The van der Waals surface area contributed by atoms with Crippen molar-refractivity contribution in [1.82, 2.24) is 9.88 Å². The molecular formula is C17H17BrN2O4. The van der Waals surface area contributed by atoms with E-state index in [2.05, 4.69) is 20.9 Å². The van der Waals surface area contributed by atoms with Gasteiger partial charge in [-0.15, -0.1) is 0 Å². The van der Waals surface area contributed by atoms with Gasteiger partial charge in [-0.25, -0.2) is 0 Å². The van der Waals surface area contributed by atoms with Gasteiger partial charge in [0.2, 0.25) is 5.56 Å². The van der Waals surface area contributed by atoms with Crippen molar-refractivity contribution in [3.8, 4) is 0 Å². The topological polar surface area (TPSA) is 90.5 Å². The zero-order valence-electron chi connectivity index (χ0n) is 13.1. The molecule has 2 heterocycles. The number of carboxylic acid groups (broad SMARTS) is 1. The van der Waals surface area contributed by atoms with Crippen LogP contribution in [-0.2, 0) is 4.79 Å². The number of amides is 1. The van der Waals surface area contributed by atoms with Crippen LogP contribution in [0.4, 0.5) is 0 Å². The number of likely N-dealkylation sites (tertiary alicyclic amines) is 1. The number of carbonyl (C=O) groups is 2. The third kappa shape index (κ3) is 3.08. The molecule has 1 aromatic heterocycles. The highest BCUT2D eigenvalue weighted by Gasteiger charge is 2.33. The van der Waals surface area contributed by atoms with Crippen molar-refractivity contribution in [2.75, 3.05) is 6.54 Å². The van der Waals surface area contributed by atoms with Crippen molar-refractivity contribution in [1.29, 1.82) is 0 Å². The number of hydrogen-bond acceptors (Lipinski definition) is 3. The molecule has 2 unspecified atom stereocenters. The highest BCUT2D eigenvalue weighted by atomic mass is 79.9. The van der Waals surface area contributed by atoms with Gasteiger partial charge in [0.05, 0.1) is 11.5 Å². The summed E-state index contributed by atoms with van der Waals surface area (Å²) in [5.41, 5.74) is 0.522. The second-order valence-electron chi connectivity index (χ2n) is 6.16. The van der Waals surface area contributed by atoms with Gasteiger partial charge in [-0.1, -0.05) is 15.9 Å². The first kappa shape index (κ1) is 16.7. The molecule has 1 aliphatic heterocycles. The number of fused-ring (bicyclic) bond motifs is 1. The lowest BCUT2D eigenvalue weighted by Gasteiger charge is -2.36. The molecule has 3 rings (SSSR count). The van der Waals surface area contributed by atoms with E-state index in [1.54, 1.807) is 23.1 Å². The number of halogens is 1. The number of aromatic amines is 1. The monoisotopic (exact) mass is 392 g/mol. The number of carbonyl (C=O) groups excluding carboxylic acids is 1. The number of benzene rings is 1. The van der Waals surface area contributed by atoms with Crippen LogP contribution < -0.4 is 5.56 Å². The lowest BCUT2D eigenvalue weighted by Crippen LogP contribution is -2.47. The fourth-order valence-electron chi connectivity index (χ4n) is 3.15. The Morgan fingerprint density at radius 1 is 1.29 bits per heavy atom. The molecule has 6 nitrogen and oxygen atoms in total. The van der Waals surface area contributed by atoms with Gasteiger partial charge in [0.15, 0.2) is 0 Å². The minimum atomic E-state index is -0.891. The number of hydrogen-bond donors (Lipinski definition) is 2. The second-order valence-corrected chi connectivity index (χ2v) is 7.07. The minimum absolute atomic E-state index is 0.0606. The maximum absolute atomic E-state index is 13.0. The number of carboxylic acids is 1. The summed E-state index contributed by atoms with van der Waals surface area (Å²) in [5.74, 6) is -1.76. The molecule has 0 saturated carbocycles. The third-order valence-corrected chi connectivity index (χ3v) is 5.02. The molecule has 1 saturated heterocycles. The van der Waals surface area contributed by atoms with E-state index in [4.69, 9.17) is 0 Å². The molecule has 0 spiro atoms. The highest BCUT2D eigenvalue weighted by Crippen LogP contribution is 2.27. The van der Waals surface area contributed by atoms with Crippen LogP contribution >= 0.6 is 15.9 Å². The SMILES string of the molecule is CC1CCC(C(=O)O)CN1C(=O)c1cc(=O)[nH]c2ccc(Br)cc12. The number of aliphatic carboxylic acids is 1. The Labute approximate surface area is 146 Å². The van der Waals surface area contributed by atoms with Crippen molar-refractivity contribution in [2.24, 2.45) is 5.92 Å². The maximum atomic E-state index is 13.0. The molecule has 1 aliphatic rings. The van der Waals surface area contributed by atoms with Gasteiger partial charge in [0.1, 0.15) is 0 Å². The largest absolute Gasteiger partial charge is 0.481 e. The zero-order valence-corrected chi connectivity index (χ0v) is 14.7. The van der Waals surface area contributed by atoms with Crippen LogP contribution in [0.15, 0.2) is 33.5 Å². The Morgan fingerprint density at radius 2 is 2.04 bits per heavy atom. The van der Waals surface area contributed by atoms with E-state index in [0.29, 0.717) is 29.3 Å². The van der Waals surface area contributed by atoms with Gasteiger partial charge in [-0.2, -0.15) is 0 Å². The smallest absolute Gasteiger partial charge is 0.308 e. The van der Waals surface area contributed by atoms with Gasteiger partial charge in [-0.05, 0) is 38.0 Å². The predicted octanol–water partition coefficient (Wildman–Crippen LogP) is 2.62. The number of piperidine rings is 1. The molecule has 7 heteroatoms. The van der Waals surface area contributed by atoms with Crippen LogP contribution in [0.1, 0.15) is 30.1 Å². The predicted molar refractivity (Wildman–Crippen MR) is 93.1 cm³/mol. The quantitative estimate of drug-likeness (QED) is 0.821. The van der Waals surface area contributed by atoms with Gasteiger partial charge in [-0.3, -0.25) is 14.4 Å².